The lowest BCUT2D eigenvalue weighted by molar-refractivity contribution is -0.150. The Bertz CT molecular complexity index is 271. The Morgan fingerprint density at radius 3 is 2.25 bits per heavy atom. The minimum Gasteiger partial charge on any atom is -0.480 e. The molecule has 0 aromatic rings. The summed E-state index contributed by atoms with van der Waals surface area (Å²) in [5, 5.41) is 8.96. The largest absolute Gasteiger partial charge is 0.480 e. The zero-order chi connectivity index (χ0) is 12.3. The standard InChI is InChI=1S/C12H21NO3/c1-8(2)4-7-11(14)13(10-5-6-10)9(3)12(15)16/h8-10H,4-7H2,1-3H3,(H,15,16). The van der Waals surface area contributed by atoms with Gasteiger partial charge in [0, 0.05) is 12.5 Å². The van der Waals surface area contributed by atoms with Crippen molar-refractivity contribution in [3.63, 3.8) is 0 Å². The molecule has 1 N–H and O–H groups in total. The van der Waals surface area contributed by atoms with E-state index in [-0.39, 0.29) is 11.9 Å². The zero-order valence-electron chi connectivity index (χ0n) is 10.3. The first kappa shape index (κ1) is 13.0. The van der Waals surface area contributed by atoms with Crippen LogP contribution in [0.1, 0.15) is 46.5 Å². The second-order valence-electron chi connectivity index (χ2n) is 4.98. The molecule has 1 fully saturated rings. The van der Waals surface area contributed by atoms with Crippen LogP contribution < -0.4 is 0 Å². The number of nitrogens with zero attached hydrogens (tertiary/aromatic N) is 1. The van der Waals surface area contributed by atoms with Crippen LogP contribution in [0, 0.1) is 5.92 Å². The number of hydrogen-bond acceptors (Lipinski definition) is 2. The van der Waals surface area contributed by atoms with Gasteiger partial charge in [-0.1, -0.05) is 13.8 Å². The Kier molecular flexibility index (Phi) is 4.33. The Balaban J connectivity index is 2.55. The van der Waals surface area contributed by atoms with Crippen molar-refractivity contribution in [1.29, 1.82) is 0 Å². The van der Waals surface area contributed by atoms with Crippen molar-refractivity contribution < 1.29 is 14.7 Å². The van der Waals surface area contributed by atoms with E-state index in [4.69, 9.17) is 5.11 Å². The fraction of sp³-hybridized carbons (Fsp3) is 0.833. The second-order valence-corrected chi connectivity index (χ2v) is 4.98. The third kappa shape index (κ3) is 3.51. The molecule has 1 saturated carbocycles. The first-order valence-corrected chi connectivity index (χ1v) is 5.97. The van der Waals surface area contributed by atoms with Crippen LogP contribution in [-0.4, -0.2) is 34.0 Å². The molecule has 0 aliphatic heterocycles. The van der Waals surface area contributed by atoms with E-state index in [1.807, 2.05) is 0 Å². The Morgan fingerprint density at radius 2 is 1.88 bits per heavy atom. The predicted molar refractivity (Wildman–Crippen MR) is 61.0 cm³/mol. The van der Waals surface area contributed by atoms with Gasteiger partial charge in [-0.3, -0.25) is 4.79 Å². The number of carbonyl (C=O) groups excluding carboxylic acids is 1. The van der Waals surface area contributed by atoms with E-state index in [9.17, 15) is 9.59 Å². The molecule has 4 heteroatoms. The molecule has 1 aliphatic carbocycles. The molecule has 0 saturated heterocycles. The lowest BCUT2D eigenvalue weighted by atomic mass is 10.1. The number of carbonyl (C=O) groups is 2. The lowest BCUT2D eigenvalue weighted by Crippen LogP contribution is -2.44. The van der Waals surface area contributed by atoms with Crippen molar-refractivity contribution in [2.24, 2.45) is 5.92 Å². The van der Waals surface area contributed by atoms with Crippen LogP contribution >= 0.6 is 0 Å². The highest BCUT2D eigenvalue weighted by atomic mass is 16.4. The molecule has 0 aromatic heterocycles. The zero-order valence-corrected chi connectivity index (χ0v) is 10.3. The number of carboxylic acids is 1. The minimum atomic E-state index is -0.912. The minimum absolute atomic E-state index is 0.00824. The third-order valence-electron chi connectivity index (χ3n) is 2.94. The number of rotatable bonds is 6. The van der Waals surface area contributed by atoms with Crippen LogP contribution in [0.15, 0.2) is 0 Å². The summed E-state index contributed by atoms with van der Waals surface area (Å²) in [6.07, 6.45) is 3.19. The number of carboxylic acid groups (broad SMARTS) is 1. The van der Waals surface area contributed by atoms with Crippen LogP contribution in [-0.2, 0) is 9.59 Å². The van der Waals surface area contributed by atoms with Gasteiger partial charge in [-0.15, -0.1) is 0 Å². The first-order chi connectivity index (χ1) is 7.43. The molecule has 1 unspecified atom stereocenters. The summed E-state index contributed by atoms with van der Waals surface area (Å²) in [5.74, 6) is -0.443. The van der Waals surface area contributed by atoms with Crippen molar-refractivity contribution >= 4 is 11.9 Å². The monoisotopic (exact) mass is 227 g/mol. The molecule has 92 valence electrons. The molecule has 1 amide bonds. The Hall–Kier alpha value is -1.06. The summed E-state index contributed by atoms with van der Waals surface area (Å²) in [4.78, 5) is 24.4. The fourth-order valence-electron chi connectivity index (χ4n) is 1.75. The lowest BCUT2D eigenvalue weighted by Gasteiger charge is -2.26. The van der Waals surface area contributed by atoms with E-state index in [0.29, 0.717) is 12.3 Å². The van der Waals surface area contributed by atoms with Gasteiger partial charge in [0.15, 0.2) is 0 Å². The van der Waals surface area contributed by atoms with Crippen molar-refractivity contribution in [1.82, 2.24) is 4.90 Å². The molecule has 1 atom stereocenters. The summed E-state index contributed by atoms with van der Waals surface area (Å²) >= 11 is 0. The molecule has 16 heavy (non-hydrogen) atoms. The van der Waals surface area contributed by atoms with E-state index in [2.05, 4.69) is 13.8 Å². The maximum atomic E-state index is 11.9. The van der Waals surface area contributed by atoms with Crippen molar-refractivity contribution in [2.45, 2.75) is 58.5 Å². The predicted octanol–water partition coefficient (Wildman–Crippen LogP) is 1.89. The summed E-state index contributed by atoms with van der Waals surface area (Å²) in [6.45, 7) is 5.72. The van der Waals surface area contributed by atoms with Crippen LogP contribution in [0.3, 0.4) is 0 Å². The molecule has 0 spiro atoms. The Labute approximate surface area is 96.6 Å². The number of amides is 1. The number of hydrogen-bond donors (Lipinski definition) is 1. The highest BCUT2D eigenvalue weighted by Gasteiger charge is 2.37. The van der Waals surface area contributed by atoms with Gasteiger partial charge >= 0.3 is 5.97 Å². The van der Waals surface area contributed by atoms with E-state index < -0.39 is 12.0 Å². The summed E-state index contributed by atoms with van der Waals surface area (Å²) in [7, 11) is 0. The second kappa shape index (κ2) is 5.32. The first-order valence-electron chi connectivity index (χ1n) is 5.97. The van der Waals surface area contributed by atoms with Gasteiger partial charge in [-0.05, 0) is 32.1 Å². The average molecular weight is 227 g/mol. The molecular weight excluding hydrogens is 206 g/mol. The van der Waals surface area contributed by atoms with Gasteiger partial charge in [0.25, 0.3) is 0 Å². The van der Waals surface area contributed by atoms with Gasteiger partial charge in [-0.2, -0.15) is 0 Å². The fourth-order valence-corrected chi connectivity index (χ4v) is 1.75. The molecular formula is C12H21NO3. The quantitative estimate of drug-likeness (QED) is 0.753. The molecule has 4 nitrogen and oxygen atoms in total. The van der Waals surface area contributed by atoms with Gasteiger partial charge in [-0.25, -0.2) is 4.79 Å². The van der Waals surface area contributed by atoms with Crippen LogP contribution in [0.4, 0.5) is 0 Å². The van der Waals surface area contributed by atoms with E-state index in [1.54, 1.807) is 11.8 Å². The molecule has 1 rings (SSSR count). The summed E-state index contributed by atoms with van der Waals surface area (Å²) < 4.78 is 0. The normalized spacial score (nSPS) is 17.2. The number of aliphatic carboxylic acids is 1. The van der Waals surface area contributed by atoms with Crippen molar-refractivity contribution in [3.05, 3.63) is 0 Å². The molecule has 0 heterocycles. The summed E-state index contributed by atoms with van der Waals surface area (Å²) in [5.41, 5.74) is 0. The topological polar surface area (TPSA) is 57.6 Å². The van der Waals surface area contributed by atoms with Gasteiger partial charge in [0.1, 0.15) is 6.04 Å². The highest BCUT2D eigenvalue weighted by Crippen LogP contribution is 2.29. The molecule has 0 bridgehead atoms. The van der Waals surface area contributed by atoms with Crippen molar-refractivity contribution in [3.8, 4) is 0 Å². The van der Waals surface area contributed by atoms with Gasteiger partial charge in [0.05, 0.1) is 0 Å². The molecule has 0 aromatic carbocycles. The smallest absolute Gasteiger partial charge is 0.326 e. The maximum absolute atomic E-state index is 11.9. The molecule has 1 aliphatic rings. The van der Waals surface area contributed by atoms with Gasteiger partial charge in [0.2, 0.25) is 5.91 Å². The van der Waals surface area contributed by atoms with E-state index in [1.165, 1.54) is 0 Å². The maximum Gasteiger partial charge on any atom is 0.326 e. The highest BCUT2D eigenvalue weighted by molar-refractivity contribution is 5.83. The SMILES string of the molecule is CC(C)CCC(=O)N(C1CC1)C(C)C(=O)O. The average Bonchev–Trinajstić information content (AvgIpc) is 2.98. The van der Waals surface area contributed by atoms with Crippen LogP contribution in [0.2, 0.25) is 0 Å². The Morgan fingerprint density at radius 1 is 1.31 bits per heavy atom. The van der Waals surface area contributed by atoms with Crippen LogP contribution in [0.5, 0.6) is 0 Å². The van der Waals surface area contributed by atoms with E-state index >= 15 is 0 Å². The summed E-state index contributed by atoms with van der Waals surface area (Å²) in [6, 6.07) is -0.516. The molecule has 0 radical (unpaired) electrons. The van der Waals surface area contributed by atoms with E-state index in [0.717, 1.165) is 19.3 Å². The third-order valence-corrected chi connectivity index (χ3v) is 2.94. The van der Waals surface area contributed by atoms with Crippen molar-refractivity contribution in [2.75, 3.05) is 0 Å². The van der Waals surface area contributed by atoms with Crippen LogP contribution in [0.25, 0.3) is 0 Å². The van der Waals surface area contributed by atoms with Gasteiger partial charge < -0.3 is 10.0 Å².